The molecule has 0 aliphatic heterocycles. The second kappa shape index (κ2) is 10.6. The molecule has 5 aromatic heterocycles. The number of hydrogen-bond donors (Lipinski definition) is 1. The lowest BCUT2D eigenvalue weighted by atomic mass is 9.97. The minimum atomic E-state index is -0.255. The van der Waals surface area contributed by atoms with E-state index >= 15 is 0 Å². The molecule has 0 unspecified atom stereocenters. The summed E-state index contributed by atoms with van der Waals surface area (Å²) >= 11 is 1.49. The normalized spacial score (nSPS) is 11.5. The molecule has 1 amide bonds. The SMILES string of the molecule is Cc1sc2ncn(CC(=O)NCc3ccc(-c4nc5ccn6c(C)nnc6c5cc4-c4ccccc4)cc3)c(=O)c2c1C. The third-order valence-electron chi connectivity index (χ3n) is 7.81. The van der Waals surface area contributed by atoms with E-state index in [1.807, 2.05) is 79.9 Å². The van der Waals surface area contributed by atoms with Gasteiger partial charge in [-0.05, 0) is 49.6 Å². The van der Waals surface area contributed by atoms with Crippen molar-refractivity contribution in [3.63, 3.8) is 0 Å². The summed E-state index contributed by atoms with van der Waals surface area (Å²) in [4.78, 5) is 36.9. The van der Waals surface area contributed by atoms with Crippen LogP contribution in [0.4, 0.5) is 0 Å². The van der Waals surface area contributed by atoms with Crippen LogP contribution in [0, 0.1) is 20.8 Å². The summed E-state index contributed by atoms with van der Waals surface area (Å²) in [5.41, 5.74) is 7.14. The van der Waals surface area contributed by atoms with Gasteiger partial charge in [-0.15, -0.1) is 21.5 Å². The third kappa shape index (κ3) is 4.75. The highest BCUT2D eigenvalue weighted by molar-refractivity contribution is 7.18. The lowest BCUT2D eigenvalue weighted by Gasteiger charge is -2.13. The van der Waals surface area contributed by atoms with E-state index < -0.39 is 0 Å². The fourth-order valence-corrected chi connectivity index (χ4v) is 6.33. The number of amides is 1. The van der Waals surface area contributed by atoms with Gasteiger partial charge in [-0.3, -0.25) is 18.6 Å². The van der Waals surface area contributed by atoms with Gasteiger partial charge in [0.1, 0.15) is 17.2 Å². The second-order valence-electron chi connectivity index (χ2n) is 10.6. The van der Waals surface area contributed by atoms with Crippen LogP contribution >= 0.6 is 11.3 Å². The van der Waals surface area contributed by atoms with E-state index in [-0.39, 0.29) is 18.0 Å². The van der Waals surface area contributed by atoms with Crippen molar-refractivity contribution in [2.45, 2.75) is 33.9 Å². The lowest BCUT2D eigenvalue weighted by molar-refractivity contribution is -0.121. The Morgan fingerprint density at radius 1 is 0.953 bits per heavy atom. The van der Waals surface area contributed by atoms with Crippen LogP contribution in [0.15, 0.2) is 84.0 Å². The van der Waals surface area contributed by atoms with E-state index in [0.29, 0.717) is 16.8 Å². The number of aryl methyl sites for hydroxylation is 3. The van der Waals surface area contributed by atoms with Gasteiger partial charge in [-0.25, -0.2) is 9.97 Å². The maximum atomic E-state index is 13.0. The van der Waals surface area contributed by atoms with Crippen molar-refractivity contribution in [1.82, 2.24) is 34.4 Å². The van der Waals surface area contributed by atoms with Gasteiger partial charge in [0.2, 0.25) is 5.91 Å². The van der Waals surface area contributed by atoms with Crippen molar-refractivity contribution in [3.05, 3.63) is 111 Å². The first-order valence-electron chi connectivity index (χ1n) is 13.9. The number of carbonyl (C=O) groups excluding carboxylic acids is 1. The number of fused-ring (bicyclic) bond motifs is 4. The summed E-state index contributed by atoms with van der Waals surface area (Å²) in [6, 6.07) is 22.3. The molecular formula is C33H27N7O2S. The zero-order valence-corrected chi connectivity index (χ0v) is 24.6. The Morgan fingerprint density at radius 2 is 1.74 bits per heavy atom. The van der Waals surface area contributed by atoms with Gasteiger partial charge in [0.05, 0.1) is 22.9 Å². The van der Waals surface area contributed by atoms with E-state index in [1.54, 1.807) is 0 Å². The van der Waals surface area contributed by atoms with E-state index in [0.717, 1.165) is 60.8 Å². The van der Waals surface area contributed by atoms with Crippen molar-refractivity contribution in [2.75, 3.05) is 0 Å². The second-order valence-corrected chi connectivity index (χ2v) is 11.8. The molecule has 0 spiro atoms. The number of benzene rings is 2. The van der Waals surface area contributed by atoms with Crippen LogP contribution < -0.4 is 10.9 Å². The summed E-state index contributed by atoms with van der Waals surface area (Å²) in [5, 5.41) is 13.1. The molecule has 2 aromatic carbocycles. The first kappa shape index (κ1) is 26.7. The molecule has 212 valence electrons. The summed E-state index contributed by atoms with van der Waals surface area (Å²) in [7, 11) is 0. The predicted molar refractivity (Wildman–Crippen MR) is 169 cm³/mol. The first-order valence-corrected chi connectivity index (χ1v) is 14.7. The van der Waals surface area contributed by atoms with Gasteiger partial charge in [0.25, 0.3) is 5.56 Å². The standard InChI is InChI=1S/C33H27N7O2S/c1-19-20(2)43-32-29(19)33(42)39(18-35-32)17-28(41)34-16-22-9-11-24(12-10-22)30-25(23-7-5-4-6-8-23)15-26-27(36-30)13-14-40-21(3)37-38-31(26)40/h4-15,18H,16-17H2,1-3H3,(H,34,41). The lowest BCUT2D eigenvalue weighted by Crippen LogP contribution is -2.32. The molecular weight excluding hydrogens is 558 g/mol. The van der Waals surface area contributed by atoms with E-state index in [4.69, 9.17) is 4.98 Å². The molecule has 7 rings (SSSR count). The number of aromatic nitrogens is 6. The van der Waals surface area contributed by atoms with Crippen molar-refractivity contribution < 1.29 is 4.79 Å². The summed E-state index contributed by atoms with van der Waals surface area (Å²) in [6.45, 7) is 6.06. The van der Waals surface area contributed by atoms with E-state index in [9.17, 15) is 9.59 Å². The molecule has 0 saturated carbocycles. The molecule has 0 radical (unpaired) electrons. The topological polar surface area (TPSA) is 107 Å². The highest BCUT2D eigenvalue weighted by atomic mass is 32.1. The molecule has 7 aromatic rings. The van der Waals surface area contributed by atoms with E-state index in [1.165, 1.54) is 22.2 Å². The number of rotatable bonds is 6. The van der Waals surface area contributed by atoms with Crippen LogP contribution in [0.25, 0.3) is 49.2 Å². The number of nitrogens with zero attached hydrogens (tertiary/aromatic N) is 6. The Bertz CT molecular complexity index is 2230. The molecule has 0 bridgehead atoms. The molecule has 5 heterocycles. The van der Waals surface area contributed by atoms with Crippen LogP contribution in [-0.2, 0) is 17.9 Å². The quantitative estimate of drug-likeness (QED) is 0.271. The largest absolute Gasteiger partial charge is 0.350 e. The number of nitrogens with one attached hydrogen (secondary N) is 1. The van der Waals surface area contributed by atoms with Gasteiger partial charge in [-0.1, -0.05) is 54.6 Å². The molecule has 9 nitrogen and oxygen atoms in total. The minimum absolute atomic E-state index is 0.0888. The summed E-state index contributed by atoms with van der Waals surface area (Å²) < 4.78 is 3.34. The number of pyridine rings is 2. The zero-order valence-electron chi connectivity index (χ0n) is 23.8. The van der Waals surface area contributed by atoms with Crippen LogP contribution in [0.3, 0.4) is 0 Å². The minimum Gasteiger partial charge on any atom is -0.350 e. The predicted octanol–water partition coefficient (Wildman–Crippen LogP) is 5.62. The fraction of sp³-hybridized carbons (Fsp3) is 0.152. The fourth-order valence-electron chi connectivity index (χ4n) is 5.34. The number of hydrogen-bond acceptors (Lipinski definition) is 7. The van der Waals surface area contributed by atoms with E-state index in [2.05, 4.69) is 38.7 Å². The van der Waals surface area contributed by atoms with Gasteiger partial charge in [0.15, 0.2) is 5.65 Å². The Kier molecular flexibility index (Phi) is 6.55. The Labute approximate surface area is 250 Å². The van der Waals surface area contributed by atoms with Gasteiger partial charge >= 0.3 is 0 Å². The van der Waals surface area contributed by atoms with Gasteiger partial charge in [-0.2, -0.15) is 0 Å². The number of thiophene rings is 1. The Balaban J connectivity index is 1.15. The molecule has 43 heavy (non-hydrogen) atoms. The van der Waals surface area contributed by atoms with Crippen LogP contribution in [-0.4, -0.2) is 35.0 Å². The first-order chi connectivity index (χ1) is 20.9. The number of carbonyl (C=O) groups is 1. The van der Waals surface area contributed by atoms with Crippen molar-refractivity contribution in [2.24, 2.45) is 0 Å². The van der Waals surface area contributed by atoms with Crippen molar-refractivity contribution in [1.29, 1.82) is 0 Å². The maximum Gasteiger partial charge on any atom is 0.262 e. The Hall–Kier alpha value is -5.22. The maximum absolute atomic E-state index is 13.0. The van der Waals surface area contributed by atoms with Gasteiger partial charge in [0, 0.05) is 34.1 Å². The van der Waals surface area contributed by atoms with Crippen molar-refractivity contribution >= 4 is 44.0 Å². The van der Waals surface area contributed by atoms with Gasteiger partial charge < -0.3 is 5.32 Å². The average Bonchev–Trinajstić information content (AvgIpc) is 3.56. The summed E-state index contributed by atoms with van der Waals surface area (Å²) in [5.74, 6) is 0.567. The third-order valence-corrected chi connectivity index (χ3v) is 8.93. The molecule has 0 fully saturated rings. The Morgan fingerprint density at radius 3 is 2.53 bits per heavy atom. The molecule has 1 N–H and O–H groups in total. The smallest absolute Gasteiger partial charge is 0.262 e. The molecule has 0 saturated heterocycles. The summed E-state index contributed by atoms with van der Waals surface area (Å²) in [6.07, 6.45) is 3.40. The van der Waals surface area contributed by atoms with Crippen LogP contribution in [0.1, 0.15) is 21.8 Å². The zero-order chi connectivity index (χ0) is 29.7. The molecule has 0 aliphatic rings. The van der Waals surface area contributed by atoms with Crippen molar-refractivity contribution in [3.8, 4) is 22.4 Å². The molecule has 0 aliphatic carbocycles. The monoisotopic (exact) mass is 585 g/mol. The highest BCUT2D eigenvalue weighted by Crippen LogP contribution is 2.34. The molecule has 0 atom stereocenters. The highest BCUT2D eigenvalue weighted by Gasteiger charge is 2.16. The average molecular weight is 586 g/mol. The van der Waals surface area contributed by atoms with Crippen LogP contribution in [0.5, 0.6) is 0 Å². The molecule has 10 heteroatoms. The van der Waals surface area contributed by atoms with Crippen LogP contribution in [0.2, 0.25) is 0 Å².